The zero-order chi connectivity index (χ0) is 30.4. The van der Waals surface area contributed by atoms with Crippen molar-refractivity contribution in [2.75, 3.05) is 11.1 Å². The normalized spacial score (nSPS) is 12.7. The fourth-order valence-corrected chi connectivity index (χ4v) is 5.30. The van der Waals surface area contributed by atoms with Gasteiger partial charge >= 0.3 is 5.97 Å². The number of nitrogen functional groups attached to an aromatic ring is 1. The zero-order valence-corrected chi connectivity index (χ0v) is 23.6. The van der Waals surface area contributed by atoms with E-state index in [1.165, 1.54) is 12.1 Å². The minimum Gasteiger partial charge on any atom is -0.481 e. The van der Waals surface area contributed by atoms with E-state index >= 15 is 0 Å². The number of hydrogen-bond donors (Lipinski definition) is 5. The van der Waals surface area contributed by atoms with E-state index in [2.05, 4.69) is 5.32 Å². The predicted molar refractivity (Wildman–Crippen MR) is 162 cm³/mol. The number of carbonyl (C=O) groups excluding carboxylic acids is 1. The molecular formula is C33H36FN3O5. The van der Waals surface area contributed by atoms with Crippen molar-refractivity contribution in [2.45, 2.75) is 57.8 Å². The topological polar surface area (TPSA) is 138 Å². The molecule has 0 aliphatic heterocycles. The number of carboxylic acid groups (broad SMARTS) is 1. The fourth-order valence-electron chi connectivity index (χ4n) is 5.30. The first-order valence-corrected chi connectivity index (χ1v) is 13.9. The number of aromatic nitrogens is 1. The average Bonchev–Trinajstić information content (AvgIpc) is 3.28. The lowest BCUT2D eigenvalue weighted by Gasteiger charge is -2.20. The molecule has 0 unspecified atom stereocenters. The largest absolute Gasteiger partial charge is 0.481 e. The highest BCUT2D eigenvalue weighted by molar-refractivity contribution is 6.13. The van der Waals surface area contributed by atoms with Gasteiger partial charge in [0.2, 0.25) is 0 Å². The summed E-state index contributed by atoms with van der Waals surface area (Å²) < 4.78 is 16.0. The summed E-state index contributed by atoms with van der Waals surface area (Å²) >= 11 is 0. The Bertz CT molecular complexity index is 1530. The number of nitrogens with one attached hydrogen (secondary N) is 1. The number of carbonyl (C=O) groups is 2. The van der Waals surface area contributed by atoms with Crippen LogP contribution in [-0.4, -0.2) is 44.0 Å². The molecule has 0 saturated heterocycles. The molecule has 1 heterocycles. The third-order valence-corrected chi connectivity index (χ3v) is 7.10. The molecule has 9 heteroatoms. The highest BCUT2D eigenvalue weighted by atomic mass is 19.1. The Labute approximate surface area is 244 Å². The molecule has 0 radical (unpaired) electrons. The summed E-state index contributed by atoms with van der Waals surface area (Å²) in [4.78, 5) is 25.1. The van der Waals surface area contributed by atoms with Crippen LogP contribution >= 0.6 is 0 Å². The SMILES string of the molecule is CC(C)c1c(C(=O)Nc2ccccc2)c(-c2ccccc2N)c(-c2ccc(F)cc2)n1CC[C@@H](O)C[C@@H](O)CC(=O)O. The lowest BCUT2D eigenvalue weighted by Crippen LogP contribution is -2.22. The third-order valence-electron chi connectivity index (χ3n) is 7.10. The van der Waals surface area contributed by atoms with Crippen molar-refractivity contribution < 1.29 is 29.3 Å². The number of hydrogen-bond acceptors (Lipinski definition) is 5. The Morgan fingerprint density at radius 1 is 0.929 bits per heavy atom. The molecule has 1 amide bonds. The molecule has 3 aromatic carbocycles. The molecule has 4 rings (SSSR count). The molecule has 0 bridgehead atoms. The van der Waals surface area contributed by atoms with Gasteiger partial charge in [0.25, 0.3) is 5.91 Å². The number of benzene rings is 3. The van der Waals surface area contributed by atoms with E-state index in [0.29, 0.717) is 45.0 Å². The van der Waals surface area contributed by atoms with Crippen LogP contribution < -0.4 is 11.1 Å². The monoisotopic (exact) mass is 573 g/mol. The van der Waals surface area contributed by atoms with Crippen LogP contribution in [0.4, 0.5) is 15.8 Å². The second-order valence-corrected chi connectivity index (χ2v) is 10.6. The van der Waals surface area contributed by atoms with Crippen LogP contribution in [0.2, 0.25) is 0 Å². The van der Waals surface area contributed by atoms with Gasteiger partial charge in [0, 0.05) is 34.7 Å². The zero-order valence-electron chi connectivity index (χ0n) is 23.6. The maximum Gasteiger partial charge on any atom is 0.305 e. The van der Waals surface area contributed by atoms with Crippen molar-refractivity contribution >= 4 is 23.3 Å². The number of amides is 1. The molecule has 2 atom stereocenters. The van der Waals surface area contributed by atoms with Gasteiger partial charge < -0.3 is 30.9 Å². The van der Waals surface area contributed by atoms with E-state index in [1.54, 1.807) is 36.4 Å². The van der Waals surface area contributed by atoms with Gasteiger partial charge in [-0.1, -0.05) is 50.2 Å². The van der Waals surface area contributed by atoms with Gasteiger partial charge in [-0.15, -0.1) is 0 Å². The highest BCUT2D eigenvalue weighted by Gasteiger charge is 2.31. The van der Waals surface area contributed by atoms with Gasteiger partial charge in [-0.25, -0.2) is 4.39 Å². The third kappa shape index (κ3) is 7.05. The number of para-hydroxylation sites is 2. The van der Waals surface area contributed by atoms with E-state index in [1.807, 2.05) is 48.7 Å². The van der Waals surface area contributed by atoms with Crippen molar-refractivity contribution in [3.63, 3.8) is 0 Å². The van der Waals surface area contributed by atoms with Crippen LogP contribution in [-0.2, 0) is 11.3 Å². The van der Waals surface area contributed by atoms with E-state index < -0.39 is 30.4 Å². The summed E-state index contributed by atoms with van der Waals surface area (Å²) in [5.74, 6) is -2.07. The predicted octanol–water partition coefficient (Wildman–Crippen LogP) is 5.90. The molecule has 4 aromatic rings. The van der Waals surface area contributed by atoms with Gasteiger partial charge in [-0.2, -0.15) is 0 Å². The number of nitrogens with two attached hydrogens (primary N) is 1. The number of aliphatic carboxylic acids is 1. The maximum atomic E-state index is 14.1. The smallest absolute Gasteiger partial charge is 0.305 e. The Hall–Kier alpha value is -4.47. The molecular weight excluding hydrogens is 537 g/mol. The Balaban J connectivity index is 1.93. The van der Waals surface area contributed by atoms with Crippen LogP contribution in [0.15, 0.2) is 78.9 Å². The van der Waals surface area contributed by atoms with Crippen LogP contribution in [0.3, 0.4) is 0 Å². The van der Waals surface area contributed by atoms with Crippen molar-refractivity contribution in [2.24, 2.45) is 0 Å². The lowest BCUT2D eigenvalue weighted by molar-refractivity contribution is -0.139. The lowest BCUT2D eigenvalue weighted by atomic mass is 9.93. The van der Waals surface area contributed by atoms with Crippen LogP contribution in [0.1, 0.15) is 55.1 Å². The molecule has 220 valence electrons. The first kappa shape index (κ1) is 30.5. The Kier molecular flexibility index (Phi) is 9.77. The van der Waals surface area contributed by atoms with E-state index in [4.69, 9.17) is 10.8 Å². The van der Waals surface area contributed by atoms with Gasteiger partial charge in [0.05, 0.1) is 29.9 Å². The van der Waals surface area contributed by atoms with Crippen molar-refractivity contribution in [1.29, 1.82) is 0 Å². The Morgan fingerprint density at radius 2 is 1.57 bits per heavy atom. The Morgan fingerprint density at radius 3 is 2.19 bits per heavy atom. The molecule has 8 nitrogen and oxygen atoms in total. The molecule has 1 aromatic heterocycles. The van der Waals surface area contributed by atoms with Gasteiger partial charge in [-0.05, 0) is 66.8 Å². The minimum atomic E-state index is -1.20. The molecule has 6 N–H and O–H groups in total. The second kappa shape index (κ2) is 13.5. The standard InChI is InChI=1S/C33H36FN3O5/c1-20(2)31-30(33(42)36-23-8-4-3-5-9-23)29(26-10-6-7-11-27(26)35)32(21-12-14-22(34)15-13-21)37(31)17-16-24(38)18-25(39)19-28(40)41/h3-15,20,24-25,38-39H,16-19,35H2,1-2H3,(H,36,42)(H,40,41)/t24-,25-/m1/s1. The van der Waals surface area contributed by atoms with Gasteiger partial charge in [0.1, 0.15) is 5.82 Å². The number of anilines is 2. The quantitative estimate of drug-likeness (QED) is 0.134. The van der Waals surface area contributed by atoms with E-state index in [-0.39, 0.29) is 31.2 Å². The molecule has 0 aliphatic carbocycles. The number of rotatable bonds is 12. The van der Waals surface area contributed by atoms with E-state index in [9.17, 15) is 24.2 Å². The van der Waals surface area contributed by atoms with E-state index in [0.717, 1.165) is 0 Å². The minimum absolute atomic E-state index is 0.115. The first-order valence-electron chi connectivity index (χ1n) is 13.9. The number of nitrogens with zero attached hydrogens (tertiary/aromatic N) is 1. The summed E-state index contributed by atoms with van der Waals surface area (Å²) in [7, 11) is 0. The number of halogens is 1. The number of aliphatic hydroxyl groups excluding tert-OH is 2. The van der Waals surface area contributed by atoms with Crippen LogP contribution in [0.25, 0.3) is 22.4 Å². The summed E-state index contributed by atoms with van der Waals surface area (Å²) in [5.41, 5.74) is 11.1. The van der Waals surface area contributed by atoms with Crippen molar-refractivity contribution in [1.82, 2.24) is 4.57 Å². The van der Waals surface area contributed by atoms with Gasteiger partial charge in [0.15, 0.2) is 0 Å². The molecule has 0 spiro atoms. The number of carboxylic acids is 1. The van der Waals surface area contributed by atoms with Crippen molar-refractivity contribution in [3.8, 4) is 22.4 Å². The summed E-state index contributed by atoms with van der Waals surface area (Å²) in [5, 5.41) is 32.8. The molecule has 0 saturated carbocycles. The number of aliphatic hydroxyl groups is 2. The fraction of sp³-hybridized carbons (Fsp3) is 0.273. The summed E-state index contributed by atoms with van der Waals surface area (Å²) in [6.45, 7) is 4.16. The highest BCUT2D eigenvalue weighted by Crippen LogP contribution is 2.44. The summed E-state index contributed by atoms with van der Waals surface area (Å²) in [6.07, 6.45) is -2.62. The van der Waals surface area contributed by atoms with Crippen LogP contribution in [0.5, 0.6) is 0 Å². The van der Waals surface area contributed by atoms with Crippen molar-refractivity contribution in [3.05, 3.63) is 95.9 Å². The second-order valence-electron chi connectivity index (χ2n) is 10.6. The maximum absolute atomic E-state index is 14.1. The molecule has 0 fully saturated rings. The molecule has 42 heavy (non-hydrogen) atoms. The first-order chi connectivity index (χ1) is 20.1. The average molecular weight is 574 g/mol. The molecule has 0 aliphatic rings. The van der Waals surface area contributed by atoms with Crippen LogP contribution in [0, 0.1) is 5.82 Å². The summed E-state index contributed by atoms with van der Waals surface area (Å²) in [6, 6.07) is 22.3. The van der Waals surface area contributed by atoms with Gasteiger partial charge in [-0.3, -0.25) is 9.59 Å².